The number of morpholine rings is 2. The van der Waals surface area contributed by atoms with Crippen molar-refractivity contribution in [2.45, 2.75) is 115 Å². The molecule has 6 aliphatic rings. The first-order valence-corrected chi connectivity index (χ1v) is 31.4. The fourth-order valence-electron chi connectivity index (χ4n) is 13.6. The first kappa shape index (κ1) is 66.2. The van der Waals surface area contributed by atoms with E-state index in [1.807, 2.05) is 65.8 Å². The van der Waals surface area contributed by atoms with Gasteiger partial charge in [-0.1, -0.05) is 64.1 Å². The van der Waals surface area contributed by atoms with Crippen LogP contribution in [0.3, 0.4) is 0 Å². The van der Waals surface area contributed by atoms with Gasteiger partial charge >= 0.3 is 0 Å². The normalized spacial score (nSPS) is 23.5. The molecule has 494 valence electrons. The summed E-state index contributed by atoms with van der Waals surface area (Å²) < 4.78 is 97.1. The Hall–Kier alpha value is -7.30. The van der Waals surface area contributed by atoms with E-state index < -0.39 is 69.1 Å². The average molecular weight is 1280 g/mol. The van der Waals surface area contributed by atoms with Crippen LogP contribution >= 0.6 is 0 Å². The van der Waals surface area contributed by atoms with Crippen molar-refractivity contribution in [1.82, 2.24) is 50.8 Å². The Morgan fingerprint density at radius 3 is 1.33 bits per heavy atom. The number of fused-ring (bicyclic) bond motifs is 2. The Morgan fingerprint density at radius 2 is 0.935 bits per heavy atom. The molecule has 11 rings (SSSR count). The van der Waals surface area contributed by atoms with Crippen LogP contribution in [0.2, 0.25) is 0 Å². The number of carbonyl (C=O) groups is 4. The number of benzene rings is 3. The molecule has 5 aromatic rings. The van der Waals surface area contributed by atoms with Gasteiger partial charge in [-0.25, -0.2) is 26.3 Å². The average Bonchev–Trinajstić information content (AvgIpc) is 1.70. The van der Waals surface area contributed by atoms with Crippen LogP contribution in [0.1, 0.15) is 86.3 Å². The van der Waals surface area contributed by atoms with Gasteiger partial charge in [0.1, 0.15) is 12.2 Å². The van der Waals surface area contributed by atoms with E-state index in [9.17, 15) is 55.1 Å². The van der Waals surface area contributed by atoms with Gasteiger partial charge in [-0.3, -0.25) is 48.4 Å². The summed E-state index contributed by atoms with van der Waals surface area (Å²) in [6, 6.07) is 14.4. The maximum Gasteiger partial charge on any atom is 0.251 e. The molecule has 3 aromatic carbocycles. The highest BCUT2D eigenvalue weighted by atomic mass is 19.2. The molecule has 0 aliphatic carbocycles. The number of nitrogens with one attached hydrogen (secondary N) is 6. The van der Waals surface area contributed by atoms with Crippen LogP contribution in [0, 0.1) is 34.9 Å². The number of H-pyrrole nitrogens is 2. The van der Waals surface area contributed by atoms with Crippen molar-refractivity contribution in [3.63, 3.8) is 0 Å². The second-order valence-electron chi connectivity index (χ2n) is 26.8. The lowest BCUT2D eigenvalue weighted by atomic mass is 9.91. The number of piperazine rings is 2. The molecule has 6 atom stereocenters. The summed E-state index contributed by atoms with van der Waals surface area (Å²) in [5.41, 5.74) is 1.32. The molecule has 92 heavy (non-hydrogen) atoms. The van der Waals surface area contributed by atoms with Gasteiger partial charge in [0.15, 0.2) is 34.9 Å². The van der Waals surface area contributed by atoms with Crippen LogP contribution in [0.15, 0.2) is 70.3 Å². The van der Waals surface area contributed by atoms with Crippen molar-refractivity contribution in [1.29, 1.82) is 0 Å². The summed E-state index contributed by atoms with van der Waals surface area (Å²) in [6.45, 7) is 18.8. The summed E-state index contributed by atoms with van der Waals surface area (Å²) >= 11 is 0. The Labute approximate surface area is 529 Å². The summed E-state index contributed by atoms with van der Waals surface area (Å²) in [6.07, 6.45) is -2.10. The first-order valence-electron chi connectivity index (χ1n) is 31.4. The third kappa shape index (κ3) is 14.6. The third-order valence-corrected chi connectivity index (χ3v) is 18.7. The largest absolute Gasteiger partial charge is 0.366 e. The van der Waals surface area contributed by atoms with Gasteiger partial charge in [-0.15, -0.1) is 0 Å². The quantitative estimate of drug-likeness (QED) is 0.0545. The third-order valence-electron chi connectivity index (χ3n) is 18.7. The van der Waals surface area contributed by atoms with Crippen LogP contribution in [-0.4, -0.2) is 194 Å². The summed E-state index contributed by atoms with van der Waals surface area (Å²) in [7, 11) is 0. The molecule has 0 saturated carbocycles. The van der Waals surface area contributed by atoms with E-state index in [0.717, 1.165) is 35.4 Å². The van der Waals surface area contributed by atoms with E-state index in [1.165, 1.54) is 0 Å². The highest BCUT2D eigenvalue weighted by Crippen LogP contribution is 2.41. The van der Waals surface area contributed by atoms with E-state index in [4.69, 9.17) is 9.47 Å². The molecular formula is C66H80F6N12O8. The Morgan fingerprint density at radius 1 is 0.543 bits per heavy atom. The molecule has 6 N–H and O–H groups in total. The van der Waals surface area contributed by atoms with E-state index >= 15 is 0 Å². The van der Waals surface area contributed by atoms with Crippen LogP contribution in [0.4, 0.5) is 37.7 Å². The van der Waals surface area contributed by atoms with Crippen LogP contribution in [0.25, 0.3) is 0 Å². The number of hydrogen-bond donors (Lipinski definition) is 6. The van der Waals surface area contributed by atoms with E-state index in [2.05, 4.69) is 50.8 Å². The van der Waals surface area contributed by atoms with E-state index in [0.29, 0.717) is 101 Å². The number of hydrogen-bond acceptors (Lipinski definition) is 14. The molecule has 8 heterocycles. The Kier molecular flexibility index (Phi) is 19.7. The second-order valence-corrected chi connectivity index (χ2v) is 26.8. The summed E-state index contributed by atoms with van der Waals surface area (Å²) in [4.78, 5) is 100. The summed E-state index contributed by atoms with van der Waals surface area (Å²) in [5.74, 6) is -9.57. The highest BCUT2D eigenvalue weighted by Gasteiger charge is 2.44. The predicted octanol–water partition coefficient (Wildman–Crippen LogP) is 3.69. The SMILES string of the molecule is C[C@@H]1CN(CC(=O)N2CC(C)(C)c3[nH]c(=O)c(Cc4ccc(F)c(F)c4F)cc32)[C@@H](CN2CCO[C@H](C(=O)NCc3ccc(CNC(=O)[C@@H]4CN(C[C@H]5CN[C@H](C)CN5CC(=O)N5CC(C)(C)c6[nH]c(=O)c(Cc7ccc(F)c(F)c7F)cc65)CCO4)cc3)C2)CN1. The molecule has 26 heteroatoms. The van der Waals surface area contributed by atoms with Gasteiger partial charge in [-0.2, -0.15) is 0 Å². The van der Waals surface area contributed by atoms with Crippen molar-refractivity contribution < 1.29 is 55.0 Å². The Balaban J connectivity index is 0.635. The maximum atomic E-state index is 14.7. The minimum absolute atomic E-state index is 0.0631. The maximum absolute atomic E-state index is 14.7. The number of aromatic nitrogens is 2. The molecule has 6 aliphatic heterocycles. The van der Waals surface area contributed by atoms with E-state index in [-0.39, 0.29) is 122 Å². The molecule has 0 spiro atoms. The molecule has 2 aromatic heterocycles. The number of nitrogens with zero attached hydrogens (tertiary/aromatic N) is 6. The van der Waals surface area contributed by atoms with E-state index in [1.54, 1.807) is 21.9 Å². The molecule has 0 radical (unpaired) electrons. The number of aromatic amines is 2. The monoisotopic (exact) mass is 1280 g/mol. The molecule has 4 amide bonds. The van der Waals surface area contributed by atoms with Gasteiger partial charge in [0, 0.05) is 162 Å². The molecule has 0 unspecified atom stereocenters. The zero-order chi connectivity index (χ0) is 65.5. The number of pyridine rings is 2. The number of carbonyl (C=O) groups excluding carboxylic acids is 4. The van der Waals surface area contributed by atoms with Crippen LogP contribution < -0.4 is 42.2 Å². The topological polar surface area (TPSA) is 220 Å². The Bertz CT molecular complexity index is 3500. The lowest BCUT2D eigenvalue weighted by Gasteiger charge is -2.43. The van der Waals surface area contributed by atoms with Gasteiger partial charge in [0.2, 0.25) is 11.8 Å². The van der Waals surface area contributed by atoms with Crippen molar-refractivity contribution in [2.75, 3.05) is 115 Å². The van der Waals surface area contributed by atoms with Gasteiger partial charge in [-0.05, 0) is 60.4 Å². The highest BCUT2D eigenvalue weighted by molar-refractivity contribution is 5.98. The van der Waals surface area contributed by atoms with Gasteiger partial charge < -0.3 is 50.5 Å². The molecule has 0 bridgehead atoms. The number of amides is 4. The van der Waals surface area contributed by atoms with Crippen molar-refractivity contribution in [2.24, 2.45) is 0 Å². The predicted molar refractivity (Wildman–Crippen MR) is 331 cm³/mol. The lowest BCUT2D eigenvalue weighted by Crippen LogP contribution is -2.62. The standard InChI is InChI=1S/C66H80F6N12O8/c1-37-27-81(33-53(85)83-35-65(3,4)59-49(83)21-43(61(87)77-59)19-41-11-13-47(67)57(71)55(41)69)45(25-73-37)29-79-15-17-91-51(31-79)63(89)75-23-39-7-9-40(10-8-39)24-76-64(90)52-32-80(16-18-92-52)30-46-26-74-38(2)28-82(46)34-54(86)84-36-66(5,6)60-50(84)22-44(62(88)78-60)20-42-12-14-48(68)58(72)56(42)70/h7-14,21-22,37-38,45-46,51-52,73-74H,15-20,23-36H2,1-6H3,(H,75,89)(H,76,90)(H,77,87)(H,78,88)/t37-,38-,45-,46-,51+,52+/m1/s1. The zero-order valence-electron chi connectivity index (χ0n) is 52.6. The fraction of sp³-hybridized carbons (Fsp3) is 0.515. The lowest BCUT2D eigenvalue weighted by molar-refractivity contribution is -0.139. The fourth-order valence-corrected chi connectivity index (χ4v) is 13.6. The minimum Gasteiger partial charge on any atom is -0.366 e. The smallest absolute Gasteiger partial charge is 0.251 e. The van der Waals surface area contributed by atoms with Gasteiger partial charge in [0.05, 0.1) is 37.7 Å². The van der Waals surface area contributed by atoms with Crippen LogP contribution in [0.5, 0.6) is 0 Å². The number of ether oxygens (including phenoxy) is 2. The molecule has 4 fully saturated rings. The summed E-state index contributed by atoms with van der Waals surface area (Å²) in [5, 5.41) is 13.1. The molecule has 4 saturated heterocycles. The molecule has 20 nitrogen and oxygen atoms in total. The number of anilines is 2. The molecular weight excluding hydrogens is 1200 g/mol. The number of rotatable bonds is 18. The van der Waals surface area contributed by atoms with Crippen LogP contribution in [-0.2, 0) is 65.4 Å². The minimum atomic E-state index is -1.62. The van der Waals surface area contributed by atoms with Crippen molar-refractivity contribution >= 4 is 35.0 Å². The van der Waals surface area contributed by atoms with Gasteiger partial charge in [0.25, 0.3) is 22.9 Å². The van der Waals surface area contributed by atoms with Crippen molar-refractivity contribution in [3.05, 3.63) is 161 Å². The van der Waals surface area contributed by atoms with Crippen molar-refractivity contribution in [3.8, 4) is 0 Å². The second kappa shape index (κ2) is 27.3. The first-order chi connectivity index (χ1) is 43.8. The number of halogens is 6. The zero-order valence-corrected chi connectivity index (χ0v) is 52.6.